The first kappa shape index (κ1) is 13.8. The molecule has 3 nitrogen and oxygen atoms in total. The van der Waals surface area contributed by atoms with Crippen LogP contribution in [0.5, 0.6) is 0 Å². The molecular formula is C13H16BrClN2O. The van der Waals surface area contributed by atoms with Crippen molar-refractivity contribution in [2.75, 3.05) is 20.1 Å². The van der Waals surface area contributed by atoms with Gasteiger partial charge in [-0.1, -0.05) is 17.7 Å². The fourth-order valence-corrected chi connectivity index (χ4v) is 2.80. The molecule has 0 spiro atoms. The number of likely N-dealkylation sites (tertiary alicyclic amines) is 1. The van der Waals surface area contributed by atoms with Gasteiger partial charge in [-0.2, -0.15) is 0 Å². The summed E-state index contributed by atoms with van der Waals surface area (Å²) in [7, 11) is 2.07. The van der Waals surface area contributed by atoms with Gasteiger partial charge >= 0.3 is 0 Å². The molecule has 2 rings (SSSR count). The van der Waals surface area contributed by atoms with E-state index in [9.17, 15) is 4.79 Å². The maximum absolute atomic E-state index is 12.2. The molecule has 1 fully saturated rings. The summed E-state index contributed by atoms with van der Waals surface area (Å²) >= 11 is 9.45. The van der Waals surface area contributed by atoms with Gasteiger partial charge in [-0.05, 0) is 54.5 Å². The van der Waals surface area contributed by atoms with Crippen LogP contribution in [0.1, 0.15) is 23.2 Å². The van der Waals surface area contributed by atoms with Gasteiger partial charge in [-0.3, -0.25) is 4.79 Å². The van der Waals surface area contributed by atoms with E-state index in [-0.39, 0.29) is 11.9 Å². The van der Waals surface area contributed by atoms with E-state index >= 15 is 0 Å². The predicted octanol–water partition coefficient (Wildman–Crippen LogP) is 2.93. The molecule has 1 unspecified atom stereocenters. The number of likely N-dealkylation sites (N-methyl/N-ethyl adjacent to an activating group) is 1. The monoisotopic (exact) mass is 330 g/mol. The summed E-state index contributed by atoms with van der Waals surface area (Å²) in [5.41, 5.74) is 0.527. The number of halogens is 2. The van der Waals surface area contributed by atoms with Crippen molar-refractivity contribution in [3.05, 3.63) is 33.3 Å². The Kier molecular flexibility index (Phi) is 4.65. The second-order valence-corrected chi connectivity index (χ2v) is 5.91. The second-order valence-electron chi connectivity index (χ2n) is 4.68. The normalized spacial score (nSPS) is 20.7. The highest BCUT2D eigenvalue weighted by Crippen LogP contribution is 2.26. The van der Waals surface area contributed by atoms with Gasteiger partial charge in [0, 0.05) is 17.1 Å². The zero-order valence-corrected chi connectivity index (χ0v) is 12.6. The Hall–Kier alpha value is -0.580. The van der Waals surface area contributed by atoms with Crippen molar-refractivity contribution in [2.24, 2.45) is 0 Å². The maximum Gasteiger partial charge on any atom is 0.253 e. The third-order valence-corrected chi connectivity index (χ3v) is 4.45. The lowest BCUT2D eigenvalue weighted by molar-refractivity contribution is 0.0912. The Labute approximate surface area is 121 Å². The Balaban J connectivity index is 2.05. The van der Waals surface area contributed by atoms with Crippen molar-refractivity contribution in [1.82, 2.24) is 10.2 Å². The van der Waals surface area contributed by atoms with Crippen LogP contribution in [0.15, 0.2) is 22.7 Å². The largest absolute Gasteiger partial charge is 0.348 e. The Morgan fingerprint density at radius 3 is 3.06 bits per heavy atom. The highest BCUT2D eigenvalue weighted by molar-refractivity contribution is 9.10. The molecule has 1 heterocycles. The van der Waals surface area contributed by atoms with E-state index in [0.717, 1.165) is 30.4 Å². The average Bonchev–Trinajstić information content (AvgIpc) is 2.32. The lowest BCUT2D eigenvalue weighted by Gasteiger charge is -2.30. The first-order chi connectivity index (χ1) is 8.58. The first-order valence-electron chi connectivity index (χ1n) is 6.01. The fraction of sp³-hybridized carbons (Fsp3) is 0.462. The molecule has 1 amide bonds. The Bertz CT molecular complexity index is 453. The van der Waals surface area contributed by atoms with Crippen molar-refractivity contribution in [1.29, 1.82) is 0 Å². The molecule has 5 heteroatoms. The van der Waals surface area contributed by atoms with E-state index in [2.05, 4.69) is 33.2 Å². The van der Waals surface area contributed by atoms with E-state index < -0.39 is 0 Å². The predicted molar refractivity (Wildman–Crippen MR) is 77.1 cm³/mol. The molecule has 0 bridgehead atoms. The van der Waals surface area contributed by atoms with Gasteiger partial charge in [-0.15, -0.1) is 0 Å². The molecule has 1 saturated heterocycles. The molecule has 0 aromatic heterocycles. The molecule has 1 N–H and O–H groups in total. The lowest BCUT2D eigenvalue weighted by Crippen LogP contribution is -2.46. The maximum atomic E-state index is 12.2. The smallest absolute Gasteiger partial charge is 0.253 e. The van der Waals surface area contributed by atoms with Crippen LogP contribution in [0, 0.1) is 0 Å². The number of carbonyl (C=O) groups excluding carboxylic acids is 1. The van der Waals surface area contributed by atoms with Crippen LogP contribution < -0.4 is 5.32 Å². The number of hydrogen-bond donors (Lipinski definition) is 1. The third kappa shape index (κ3) is 3.25. The number of benzene rings is 1. The van der Waals surface area contributed by atoms with Crippen LogP contribution in [0.4, 0.5) is 0 Å². The topological polar surface area (TPSA) is 32.3 Å². The van der Waals surface area contributed by atoms with E-state index in [1.54, 1.807) is 6.07 Å². The zero-order valence-electron chi connectivity index (χ0n) is 10.2. The average molecular weight is 332 g/mol. The molecule has 1 aromatic rings. The van der Waals surface area contributed by atoms with Crippen molar-refractivity contribution < 1.29 is 4.79 Å². The Morgan fingerprint density at radius 1 is 1.56 bits per heavy atom. The molecule has 0 saturated carbocycles. The third-order valence-electron chi connectivity index (χ3n) is 3.16. The lowest BCUT2D eigenvalue weighted by atomic mass is 10.1. The fourth-order valence-electron chi connectivity index (χ4n) is 2.23. The van der Waals surface area contributed by atoms with Crippen LogP contribution in [0.3, 0.4) is 0 Å². The van der Waals surface area contributed by atoms with Gasteiger partial charge in [-0.25, -0.2) is 0 Å². The van der Waals surface area contributed by atoms with Gasteiger partial charge < -0.3 is 10.2 Å². The zero-order chi connectivity index (χ0) is 13.1. The number of hydrogen-bond acceptors (Lipinski definition) is 2. The number of rotatable bonds is 2. The van der Waals surface area contributed by atoms with Crippen LogP contribution >= 0.6 is 27.5 Å². The number of nitrogens with zero attached hydrogens (tertiary/aromatic N) is 1. The highest BCUT2D eigenvalue weighted by Gasteiger charge is 2.20. The van der Waals surface area contributed by atoms with Crippen LogP contribution in [0.2, 0.25) is 5.02 Å². The van der Waals surface area contributed by atoms with Crippen LogP contribution in [0.25, 0.3) is 0 Å². The van der Waals surface area contributed by atoms with Gasteiger partial charge in [0.2, 0.25) is 0 Å². The van der Waals surface area contributed by atoms with Crippen molar-refractivity contribution in [2.45, 2.75) is 18.9 Å². The summed E-state index contributed by atoms with van der Waals surface area (Å²) in [6.45, 7) is 2.00. The quantitative estimate of drug-likeness (QED) is 0.904. The van der Waals surface area contributed by atoms with E-state index in [4.69, 9.17) is 11.6 Å². The van der Waals surface area contributed by atoms with Gasteiger partial charge in [0.1, 0.15) is 0 Å². The summed E-state index contributed by atoms with van der Waals surface area (Å²) in [5, 5.41) is 3.52. The van der Waals surface area contributed by atoms with Crippen molar-refractivity contribution in [3.8, 4) is 0 Å². The molecule has 1 aliphatic rings. The first-order valence-corrected chi connectivity index (χ1v) is 7.18. The van der Waals surface area contributed by atoms with Crippen LogP contribution in [-0.4, -0.2) is 37.0 Å². The van der Waals surface area contributed by atoms with Gasteiger partial charge in [0.15, 0.2) is 0 Å². The van der Waals surface area contributed by atoms with E-state index in [0.29, 0.717) is 10.6 Å². The highest BCUT2D eigenvalue weighted by atomic mass is 79.9. The standard InChI is InChI=1S/C13H16BrClN2O/c1-17-7-3-4-9(8-17)16-13(18)10-5-2-6-11(14)12(10)15/h2,5-6,9H,3-4,7-8H2,1H3,(H,16,18). The molecule has 98 valence electrons. The number of carbonyl (C=O) groups is 1. The van der Waals surface area contributed by atoms with E-state index in [1.807, 2.05) is 12.1 Å². The summed E-state index contributed by atoms with van der Waals surface area (Å²) in [6, 6.07) is 5.60. The summed E-state index contributed by atoms with van der Waals surface area (Å²) in [4.78, 5) is 14.4. The molecule has 0 aliphatic carbocycles. The molecule has 1 aromatic carbocycles. The minimum Gasteiger partial charge on any atom is -0.348 e. The molecule has 0 radical (unpaired) electrons. The molecule has 1 aliphatic heterocycles. The van der Waals surface area contributed by atoms with Crippen molar-refractivity contribution in [3.63, 3.8) is 0 Å². The minimum absolute atomic E-state index is 0.0957. The van der Waals surface area contributed by atoms with Crippen LogP contribution in [-0.2, 0) is 0 Å². The van der Waals surface area contributed by atoms with Gasteiger partial charge in [0.05, 0.1) is 10.6 Å². The summed E-state index contributed by atoms with van der Waals surface area (Å²) in [6.07, 6.45) is 2.15. The second kappa shape index (κ2) is 6.04. The molecule has 18 heavy (non-hydrogen) atoms. The Morgan fingerprint density at radius 2 is 2.33 bits per heavy atom. The number of amides is 1. The molecular weight excluding hydrogens is 316 g/mol. The SMILES string of the molecule is CN1CCCC(NC(=O)c2cccc(Br)c2Cl)C1. The molecule has 1 atom stereocenters. The van der Waals surface area contributed by atoms with E-state index in [1.165, 1.54) is 0 Å². The van der Waals surface area contributed by atoms with Crippen molar-refractivity contribution >= 4 is 33.4 Å². The van der Waals surface area contributed by atoms with Gasteiger partial charge in [0.25, 0.3) is 5.91 Å². The summed E-state index contributed by atoms with van der Waals surface area (Å²) < 4.78 is 0.748. The number of piperidine rings is 1. The summed E-state index contributed by atoms with van der Waals surface area (Å²) in [5.74, 6) is -0.0957. The minimum atomic E-state index is -0.0957. The number of nitrogens with one attached hydrogen (secondary N) is 1.